The fourth-order valence-corrected chi connectivity index (χ4v) is 2.44. The SMILES string of the molecule is Cc1ccc(NC(=O)C2NCCCC2C)cc1C. The van der Waals surface area contributed by atoms with E-state index in [9.17, 15) is 4.79 Å². The van der Waals surface area contributed by atoms with Gasteiger partial charge in [0.25, 0.3) is 0 Å². The third-order valence-corrected chi connectivity index (χ3v) is 3.83. The molecule has 1 fully saturated rings. The van der Waals surface area contributed by atoms with Crippen molar-refractivity contribution >= 4 is 11.6 Å². The van der Waals surface area contributed by atoms with E-state index in [1.54, 1.807) is 0 Å². The Morgan fingerprint density at radius 1 is 1.33 bits per heavy atom. The number of nitrogens with one attached hydrogen (secondary N) is 2. The summed E-state index contributed by atoms with van der Waals surface area (Å²) in [4.78, 5) is 12.2. The maximum Gasteiger partial charge on any atom is 0.241 e. The molecule has 3 nitrogen and oxygen atoms in total. The molecule has 3 heteroatoms. The Morgan fingerprint density at radius 3 is 2.78 bits per heavy atom. The van der Waals surface area contributed by atoms with E-state index in [0.717, 1.165) is 25.1 Å². The van der Waals surface area contributed by atoms with Crippen molar-refractivity contribution in [1.29, 1.82) is 0 Å². The van der Waals surface area contributed by atoms with Crippen LogP contribution in [0.15, 0.2) is 18.2 Å². The largest absolute Gasteiger partial charge is 0.325 e. The summed E-state index contributed by atoms with van der Waals surface area (Å²) in [7, 11) is 0. The third-order valence-electron chi connectivity index (χ3n) is 3.83. The van der Waals surface area contributed by atoms with Gasteiger partial charge in [0.1, 0.15) is 0 Å². The zero-order chi connectivity index (χ0) is 13.1. The van der Waals surface area contributed by atoms with Gasteiger partial charge in [0, 0.05) is 5.69 Å². The standard InChI is InChI=1S/C15H22N2O/c1-10-6-7-13(9-12(10)3)17-15(18)14-11(2)5-4-8-16-14/h6-7,9,11,14,16H,4-5,8H2,1-3H3,(H,17,18). The zero-order valence-electron chi connectivity index (χ0n) is 11.4. The van der Waals surface area contributed by atoms with Gasteiger partial charge >= 0.3 is 0 Å². The fraction of sp³-hybridized carbons (Fsp3) is 0.533. The molecule has 0 bridgehead atoms. The quantitative estimate of drug-likeness (QED) is 0.842. The molecule has 18 heavy (non-hydrogen) atoms. The molecule has 0 radical (unpaired) electrons. The monoisotopic (exact) mass is 246 g/mol. The van der Waals surface area contributed by atoms with Crippen molar-refractivity contribution in [3.05, 3.63) is 29.3 Å². The molecule has 1 aliphatic rings. The number of aryl methyl sites for hydroxylation is 2. The van der Waals surface area contributed by atoms with Crippen molar-refractivity contribution in [3.63, 3.8) is 0 Å². The third kappa shape index (κ3) is 2.91. The first-order valence-corrected chi connectivity index (χ1v) is 6.69. The second-order valence-corrected chi connectivity index (χ2v) is 5.34. The Kier molecular flexibility index (Phi) is 4.02. The maximum atomic E-state index is 12.2. The molecular formula is C15H22N2O. The number of hydrogen-bond acceptors (Lipinski definition) is 2. The predicted molar refractivity (Wildman–Crippen MR) is 74.7 cm³/mol. The van der Waals surface area contributed by atoms with E-state index in [1.165, 1.54) is 11.1 Å². The minimum atomic E-state index is -0.0552. The normalized spacial score (nSPS) is 23.7. The van der Waals surface area contributed by atoms with Gasteiger partial charge in [-0.2, -0.15) is 0 Å². The molecule has 1 heterocycles. The molecule has 98 valence electrons. The van der Waals surface area contributed by atoms with Gasteiger partial charge in [0.15, 0.2) is 0 Å². The van der Waals surface area contributed by atoms with Crippen LogP contribution in [0.1, 0.15) is 30.9 Å². The Hall–Kier alpha value is -1.35. The smallest absolute Gasteiger partial charge is 0.241 e. The van der Waals surface area contributed by atoms with Crippen LogP contribution < -0.4 is 10.6 Å². The zero-order valence-corrected chi connectivity index (χ0v) is 11.4. The number of benzene rings is 1. The Labute approximate surface area is 109 Å². The summed E-state index contributed by atoms with van der Waals surface area (Å²) in [6, 6.07) is 5.98. The van der Waals surface area contributed by atoms with E-state index in [4.69, 9.17) is 0 Å². The van der Waals surface area contributed by atoms with Crippen molar-refractivity contribution in [2.75, 3.05) is 11.9 Å². The summed E-state index contributed by atoms with van der Waals surface area (Å²) in [5.74, 6) is 0.496. The summed E-state index contributed by atoms with van der Waals surface area (Å²) >= 11 is 0. The van der Waals surface area contributed by atoms with Gasteiger partial charge in [0.2, 0.25) is 5.91 Å². The lowest BCUT2D eigenvalue weighted by Crippen LogP contribution is -2.48. The maximum absolute atomic E-state index is 12.2. The Bertz CT molecular complexity index is 442. The second-order valence-electron chi connectivity index (χ2n) is 5.34. The summed E-state index contributed by atoms with van der Waals surface area (Å²) < 4.78 is 0. The van der Waals surface area contributed by atoms with Crippen molar-refractivity contribution < 1.29 is 4.79 Å². The Balaban J connectivity index is 2.04. The van der Waals surface area contributed by atoms with Crippen LogP contribution >= 0.6 is 0 Å². The molecule has 0 aliphatic carbocycles. The first kappa shape index (κ1) is 13.1. The van der Waals surface area contributed by atoms with E-state index in [0.29, 0.717) is 5.92 Å². The van der Waals surface area contributed by atoms with E-state index < -0.39 is 0 Å². The van der Waals surface area contributed by atoms with Crippen molar-refractivity contribution in [2.24, 2.45) is 5.92 Å². The van der Waals surface area contributed by atoms with Crippen LogP contribution in [0, 0.1) is 19.8 Å². The van der Waals surface area contributed by atoms with Gasteiger partial charge in [-0.25, -0.2) is 0 Å². The topological polar surface area (TPSA) is 41.1 Å². The van der Waals surface area contributed by atoms with E-state index in [2.05, 4.69) is 31.4 Å². The van der Waals surface area contributed by atoms with E-state index in [1.807, 2.05) is 18.2 Å². The molecule has 1 aromatic carbocycles. The highest BCUT2D eigenvalue weighted by atomic mass is 16.2. The molecule has 0 saturated carbocycles. The molecule has 2 rings (SSSR count). The van der Waals surface area contributed by atoms with Crippen molar-refractivity contribution in [1.82, 2.24) is 5.32 Å². The van der Waals surface area contributed by atoms with E-state index in [-0.39, 0.29) is 11.9 Å². The predicted octanol–water partition coefficient (Wildman–Crippen LogP) is 2.63. The first-order valence-electron chi connectivity index (χ1n) is 6.69. The molecule has 1 amide bonds. The first-order chi connectivity index (χ1) is 8.58. The Morgan fingerprint density at radius 2 is 2.11 bits per heavy atom. The molecule has 1 aromatic rings. The van der Waals surface area contributed by atoms with Crippen LogP contribution in [-0.2, 0) is 4.79 Å². The average Bonchev–Trinajstić information content (AvgIpc) is 2.34. The van der Waals surface area contributed by atoms with Gasteiger partial charge in [-0.15, -0.1) is 0 Å². The van der Waals surface area contributed by atoms with Crippen LogP contribution in [0.4, 0.5) is 5.69 Å². The molecule has 2 unspecified atom stereocenters. The van der Waals surface area contributed by atoms with E-state index >= 15 is 0 Å². The number of carbonyl (C=O) groups is 1. The van der Waals surface area contributed by atoms with Gasteiger partial charge in [-0.1, -0.05) is 13.0 Å². The highest BCUT2D eigenvalue weighted by molar-refractivity contribution is 5.95. The number of carbonyl (C=O) groups excluding carboxylic acids is 1. The van der Waals surface area contributed by atoms with Gasteiger partial charge < -0.3 is 10.6 Å². The average molecular weight is 246 g/mol. The summed E-state index contributed by atoms with van der Waals surface area (Å²) in [6.45, 7) is 7.21. The van der Waals surface area contributed by atoms with Crippen LogP contribution in [0.5, 0.6) is 0 Å². The van der Waals surface area contributed by atoms with Crippen LogP contribution in [0.25, 0.3) is 0 Å². The molecule has 1 aliphatic heterocycles. The van der Waals surface area contributed by atoms with Crippen molar-refractivity contribution in [2.45, 2.75) is 39.7 Å². The summed E-state index contributed by atoms with van der Waals surface area (Å²) in [5, 5.41) is 6.31. The second kappa shape index (κ2) is 5.53. The molecule has 2 atom stereocenters. The number of piperidine rings is 1. The van der Waals surface area contributed by atoms with Gasteiger partial charge in [-0.3, -0.25) is 4.79 Å². The molecule has 1 saturated heterocycles. The number of hydrogen-bond donors (Lipinski definition) is 2. The van der Waals surface area contributed by atoms with Crippen LogP contribution in [-0.4, -0.2) is 18.5 Å². The highest BCUT2D eigenvalue weighted by Gasteiger charge is 2.27. The highest BCUT2D eigenvalue weighted by Crippen LogP contribution is 2.19. The van der Waals surface area contributed by atoms with Crippen LogP contribution in [0.3, 0.4) is 0 Å². The van der Waals surface area contributed by atoms with Gasteiger partial charge in [-0.05, 0) is 62.4 Å². The lowest BCUT2D eigenvalue weighted by Gasteiger charge is -2.29. The van der Waals surface area contributed by atoms with Crippen LogP contribution in [0.2, 0.25) is 0 Å². The minimum Gasteiger partial charge on any atom is -0.325 e. The van der Waals surface area contributed by atoms with Gasteiger partial charge in [0.05, 0.1) is 6.04 Å². The number of amides is 1. The summed E-state index contributed by atoms with van der Waals surface area (Å²) in [6.07, 6.45) is 2.28. The fourth-order valence-electron chi connectivity index (χ4n) is 2.44. The minimum absolute atomic E-state index is 0.0552. The summed E-state index contributed by atoms with van der Waals surface area (Å²) in [5.41, 5.74) is 3.34. The molecule has 2 N–H and O–H groups in total. The lowest BCUT2D eigenvalue weighted by molar-refractivity contribution is -0.119. The van der Waals surface area contributed by atoms with Crippen molar-refractivity contribution in [3.8, 4) is 0 Å². The molecular weight excluding hydrogens is 224 g/mol. The molecule has 0 spiro atoms. The molecule has 0 aromatic heterocycles. The number of anilines is 1. The number of rotatable bonds is 2. The lowest BCUT2D eigenvalue weighted by atomic mass is 9.92.